The van der Waals surface area contributed by atoms with Crippen LogP contribution in [0.15, 0.2) is 59.8 Å². The number of nitrogens with zero attached hydrogens (tertiary/aromatic N) is 1. The van der Waals surface area contributed by atoms with Gasteiger partial charge in [0.1, 0.15) is 5.71 Å². The summed E-state index contributed by atoms with van der Waals surface area (Å²) < 4.78 is 0. The summed E-state index contributed by atoms with van der Waals surface area (Å²) in [4.78, 5) is 0. The molecule has 0 amide bonds. The van der Waals surface area contributed by atoms with Gasteiger partial charge in [-0.25, -0.2) is 0 Å². The maximum atomic E-state index is 9.07. The first-order chi connectivity index (χ1) is 7.81. The van der Waals surface area contributed by atoms with Gasteiger partial charge in [-0.3, -0.25) is 0 Å². The molecule has 0 spiro atoms. The Kier molecular flexibility index (Phi) is 3.22. The van der Waals surface area contributed by atoms with Gasteiger partial charge in [-0.1, -0.05) is 59.2 Å². The summed E-state index contributed by atoms with van der Waals surface area (Å²) in [6, 6.07) is 16.7. The second kappa shape index (κ2) is 4.81. The monoisotopic (exact) mass is 231 g/mol. The van der Waals surface area contributed by atoms with Gasteiger partial charge < -0.3 is 5.21 Å². The Morgan fingerprint density at radius 2 is 1.62 bits per heavy atom. The molecule has 0 fully saturated rings. The van der Waals surface area contributed by atoms with Crippen LogP contribution in [-0.2, 0) is 0 Å². The molecule has 2 aromatic carbocycles. The Hall–Kier alpha value is -1.80. The average Bonchev–Trinajstić information content (AvgIpc) is 2.31. The predicted octanol–water partition coefficient (Wildman–Crippen LogP) is 3.57. The van der Waals surface area contributed by atoms with E-state index >= 15 is 0 Å². The lowest BCUT2D eigenvalue weighted by Gasteiger charge is -2.04. The van der Waals surface area contributed by atoms with Crippen molar-refractivity contribution in [1.29, 1.82) is 0 Å². The maximum Gasteiger partial charge on any atom is 0.117 e. The smallest absolute Gasteiger partial charge is 0.117 e. The van der Waals surface area contributed by atoms with E-state index in [0.717, 1.165) is 11.1 Å². The normalized spacial score (nSPS) is 11.4. The third-order valence-corrected chi connectivity index (χ3v) is 2.48. The Balaban J connectivity index is 2.46. The molecule has 0 saturated heterocycles. The molecule has 0 radical (unpaired) electrons. The van der Waals surface area contributed by atoms with Crippen molar-refractivity contribution in [1.82, 2.24) is 0 Å². The van der Waals surface area contributed by atoms with Crippen LogP contribution in [0.2, 0.25) is 5.02 Å². The molecular formula is C13H10ClNO. The van der Waals surface area contributed by atoms with Crippen molar-refractivity contribution >= 4 is 17.3 Å². The minimum absolute atomic E-state index is 0.517. The second-order valence-electron chi connectivity index (χ2n) is 3.32. The molecule has 16 heavy (non-hydrogen) atoms. The lowest BCUT2D eigenvalue weighted by atomic mass is 10.0. The standard InChI is InChI=1S/C13H10ClNO/c14-12-8-4-7-11(9-12)13(15-16)10-5-2-1-3-6-10/h1-9,16H/b15-13+. The zero-order valence-corrected chi connectivity index (χ0v) is 9.22. The van der Waals surface area contributed by atoms with Crippen molar-refractivity contribution in [2.45, 2.75) is 0 Å². The van der Waals surface area contributed by atoms with Crippen LogP contribution in [0.4, 0.5) is 0 Å². The van der Waals surface area contributed by atoms with Gasteiger partial charge in [-0.05, 0) is 12.1 Å². The highest BCUT2D eigenvalue weighted by molar-refractivity contribution is 6.31. The Bertz CT molecular complexity index is 508. The molecular weight excluding hydrogens is 222 g/mol. The predicted molar refractivity (Wildman–Crippen MR) is 65.3 cm³/mol. The van der Waals surface area contributed by atoms with E-state index in [1.807, 2.05) is 42.5 Å². The molecule has 0 unspecified atom stereocenters. The van der Waals surface area contributed by atoms with Crippen molar-refractivity contribution in [3.63, 3.8) is 0 Å². The summed E-state index contributed by atoms with van der Waals surface area (Å²) in [5.41, 5.74) is 2.16. The van der Waals surface area contributed by atoms with Crippen LogP contribution in [0.3, 0.4) is 0 Å². The number of rotatable bonds is 2. The largest absolute Gasteiger partial charge is 0.410 e. The number of hydrogen-bond acceptors (Lipinski definition) is 2. The lowest BCUT2D eigenvalue weighted by molar-refractivity contribution is 0.319. The molecule has 80 valence electrons. The minimum Gasteiger partial charge on any atom is -0.410 e. The highest BCUT2D eigenvalue weighted by atomic mass is 35.5. The van der Waals surface area contributed by atoms with Crippen molar-refractivity contribution < 1.29 is 5.21 Å². The molecule has 3 heteroatoms. The molecule has 0 saturated carbocycles. The summed E-state index contributed by atoms with van der Waals surface area (Å²) in [7, 11) is 0. The molecule has 2 aromatic rings. The van der Waals surface area contributed by atoms with Crippen LogP contribution in [0.5, 0.6) is 0 Å². The molecule has 2 nitrogen and oxygen atoms in total. The Morgan fingerprint density at radius 3 is 2.25 bits per heavy atom. The second-order valence-corrected chi connectivity index (χ2v) is 3.76. The summed E-state index contributed by atoms with van der Waals surface area (Å²) >= 11 is 5.90. The highest BCUT2D eigenvalue weighted by Gasteiger charge is 2.07. The number of halogens is 1. The highest BCUT2D eigenvalue weighted by Crippen LogP contribution is 2.15. The van der Waals surface area contributed by atoms with E-state index in [-0.39, 0.29) is 0 Å². The van der Waals surface area contributed by atoms with Crippen LogP contribution in [0, 0.1) is 0 Å². The van der Waals surface area contributed by atoms with Gasteiger partial charge in [0.15, 0.2) is 0 Å². The third-order valence-electron chi connectivity index (χ3n) is 2.25. The average molecular weight is 232 g/mol. The Labute approximate surface area is 98.8 Å². The zero-order valence-electron chi connectivity index (χ0n) is 8.47. The van der Waals surface area contributed by atoms with Gasteiger partial charge in [0.05, 0.1) is 0 Å². The van der Waals surface area contributed by atoms with Gasteiger partial charge >= 0.3 is 0 Å². The summed E-state index contributed by atoms with van der Waals surface area (Å²) in [6.45, 7) is 0. The third kappa shape index (κ3) is 2.23. The molecule has 0 aliphatic heterocycles. The van der Waals surface area contributed by atoms with Crippen molar-refractivity contribution in [2.24, 2.45) is 5.16 Å². The minimum atomic E-state index is 0.517. The molecule has 1 N–H and O–H groups in total. The van der Waals surface area contributed by atoms with Crippen molar-refractivity contribution in [3.05, 3.63) is 70.7 Å². The van der Waals surface area contributed by atoms with Crippen LogP contribution in [0.1, 0.15) is 11.1 Å². The Morgan fingerprint density at radius 1 is 0.938 bits per heavy atom. The first-order valence-corrected chi connectivity index (χ1v) is 5.22. The molecule has 0 atom stereocenters. The van der Waals surface area contributed by atoms with Gasteiger partial charge in [0.2, 0.25) is 0 Å². The van der Waals surface area contributed by atoms with Gasteiger partial charge in [-0.2, -0.15) is 0 Å². The molecule has 0 aliphatic rings. The van der Waals surface area contributed by atoms with Crippen LogP contribution < -0.4 is 0 Å². The van der Waals surface area contributed by atoms with Crippen molar-refractivity contribution in [2.75, 3.05) is 0 Å². The van der Waals surface area contributed by atoms with E-state index in [1.54, 1.807) is 12.1 Å². The first-order valence-electron chi connectivity index (χ1n) is 4.84. The van der Waals surface area contributed by atoms with Gasteiger partial charge in [0, 0.05) is 16.1 Å². The molecule has 0 aromatic heterocycles. The van der Waals surface area contributed by atoms with E-state index in [0.29, 0.717) is 10.7 Å². The summed E-state index contributed by atoms with van der Waals surface area (Å²) in [5.74, 6) is 0. The lowest BCUT2D eigenvalue weighted by Crippen LogP contribution is -2.02. The SMILES string of the molecule is O/N=C(\c1ccccc1)c1cccc(Cl)c1. The molecule has 2 rings (SSSR count). The van der Waals surface area contributed by atoms with E-state index in [2.05, 4.69) is 5.16 Å². The van der Waals surface area contributed by atoms with E-state index in [9.17, 15) is 0 Å². The summed E-state index contributed by atoms with van der Waals surface area (Å²) in [5, 5.41) is 13.0. The van der Waals surface area contributed by atoms with Gasteiger partial charge in [0.25, 0.3) is 0 Å². The zero-order chi connectivity index (χ0) is 11.4. The van der Waals surface area contributed by atoms with E-state index < -0.39 is 0 Å². The molecule has 0 bridgehead atoms. The quantitative estimate of drug-likeness (QED) is 0.478. The van der Waals surface area contributed by atoms with Crippen LogP contribution >= 0.6 is 11.6 Å². The number of benzene rings is 2. The number of oxime groups is 1. The van der Waals surface area contributed by atoms with Crippen molar-refractivity contribution in [3.8, 4) is 0 Å². The fourth-order valence-electron chi connectivity index (χ4n) is 1.51. The van der Waals surface area contributed by atoms with E-state index in [1.165, 1.54) is 0 Å². The van der Waals surface area contributed by atoms with E-state index in [4.69, 9.17) is 16.8 Å². The number of hydrogen-bond donors (Lipinski definition) is 1. The maximum absolute atomic E-state index is 9.07. The fourth-order valence-corrected chi connectivity index (χ4v) is 1.70. The van der Waals surface area contributed by atoms with Crippen LogP contribution in [0.25, 0.3) is 0 Å². The molecule has 0 heterocycles. The molecule has 0 aliphatic carbocycles. The topological polar surface area (TPSA) is 32.6 Å². The first kappa shape index (κ1) is 10.7. The fraction of sp³-hybridized carbons (Fsp3) is 0. The van der Waals surface area contributed by atoms with Crippen LogP contribution in [-0.4, -0.2) is 10.9 Å². The van der Waals surface area contributed by atoms with Gasteiger partial charge in [-0.15, -0.1) is 0 Å². The summed E-state index contributed by atoms with van der Waals surface area (Å²) in [6.07, 6.45) is 0.